The van der Waals surface area contributed by atoms with E-state index in [9.17, 15) is 14.4 Å². The van der Waals surface area contributed by atoms with Crippen LogP contribution in [0.3, 0.4) is 0 Å². The highest BCUT2D eigenvalue weighted by Gasteiger charge is 2.22. The normalized spacial score (nSPS) is 12.6. The van der Waals surface area contributed by atoms with Crippen LogP contribution in [0.1, 0.15) is 33.6 Å². The topological polar surface area (TPSA) is 119 Å². The summed E-state index contributed by atoms with van der Waals surface area (Å²) in [5.74, 6) is -1.82. The van der Waals surface area contributed by atoms with Gasteiger partial charge in [0.2, 0.25) is 5.91 Å². The van der Waals surface area contributed by atoms with Crippen LogP contribution in [0.25, 0.3) is 0 Å². The fraction of sp³-hybridized carbons (Fsp3) is 0.700. The quantitative estimate of drug-likeness (QED) is 0.641. The van der Waals surface area contributed by atoms with Crippen molar-refractivity contribution in [2.24, 2.45) is 5.73 Å². The molecule has 0 fully saturated rings. The number of primary amides is 1. The monoisotopic (exact) mass is 246 g/mol. The van der Waals surface area contributed by atoms with Crippen molar-refractivity contribution < 1.29 is 24.2 Å². The molecule has 0 radical (unpaired) electrons. The van der Waals surface area contributed by atoms with Gasteiger partial charge in [0, 0.05) is 6.42 Å². The molecule has 0 saturated heterocycles. The van der Waals surface area contributed by atoms with Crippen molar-refractivity contribution in [1.82, 2.24) is 5.32 Å². The molecule has 2 amide bonds. The van der Waals surface area contributed by atoms with Crippen LogP contribution in [-0.2, 0) is 14.3 Å². The minimum absolute atomic E-state index is 0.245. The third kappa shape index (κ3) is 9.16. The maximum atomic E-state index is 11.4. The highest BCUT2D eigenvalue weighted by atomic mass is 16.6. The van der Waals surface area contributed by atoms with Gasteiger partial charge in [-0.05, 0) is 20.8 Å². The van der Waals surface area contributed by atoms with Gasteiger partial charge in [0.05, 0.1) is 12.5 Å². The predicted molar refractivity (Wildman–Crippen MR) is 59.2 cm³/mol. The van der Waals surface area contributed by atoms with Gasteiger partial charge in [-0.25, -0.2) is 4.79 Å². The molecule has 0 aliphatic carbocycles. The Balaban J connectivity index is 4.37. The molecule has 0 saturated carbocycles. The van der Waals surface area contributed by atoms with Crippen molar-refractivity contribution in [2.75, 3.05) is 0 Å². The Labute approximate surface area is 99.3 Å². The lowest BCUT2D eigenvalue weighted by molar-refractivity contribution is -0.137. The molecule has 0 aliphatic rings. The molecule has 7 heteroatoms. The summed E-state index contributed by atoms with van der Waals surface area (Å²) in [6, 6.07) is -0.861. The summed E-state index contributed by atoms with van der Waals surface area (Å²) in [6.07, 6.45) is -1.40. The van der Waals surface area contributed by atoms with Gasteiger partial charge >= 0.3 is 12.1 Å². The van der Waals surface area contributed by atoms with Gasteiger partial charge < -0.3 is 20.9 Å². The molecule has 1 atom stereocenters. The number of rotatable bonds is 5. The zero-order chi connectivity index (χ0) is 13.6. The van der Waals surface area contributed by atoms with E-state index in [1.54, 1.807) is 20.8 Å². The van der Waals surface area contributed by atoms with E-state index in [-0.39, 0.29) is 12.8 Å². The van der Waals surface area contributed by atoms with Crippen LogP contribution >= 0.6 is 0 Å². The van der Waals surface area contributed by atoms with E-state index in [1.807, 2.05) is 0 Å². The number of alkyl carbamates (subject to hydrolysis) is 1. The Bertz CT molecular complexity index is 292. The van der Waals surface area contributed by atoms with E-state index >= 15 is 0 Å². The standard InChI is InChI=1S/C10H18N2O5/c1-10(2,3)17-9(16)12-6(4-7(11)13)5-8(14)15/h6H,4-5H2,1-3H3,(H2,11,13)(H,12,16)(H,14,15)/t6-/m1/s1. The summed E-state index contributed by atoms with van der Waals surface area (Å²) in [5.41, 5.74) is 4.26. The molecule has 0 unspecified atom stereocenters. The summed E-state index contributed by atoms with van der Waals surface area (Å²) in [7, 11) is 0. The molecule has 0 spiro atoms. The van der Waals surface area contributed by atoms with Crippen LogP contribution in [0.5, 0.6) is 0 Å². The summed E-state index contributed by atoms with van der Waals surface area (Å²) in [5, 5.41) is 10.9. The number of nitrogens with one attached hydrogen (secondary N) is 1. The van der Waals surface area contributed by atoms with Crippen molar-refractivity contribution in [3.8, 4) is 0 Å². The molecule has 0 aromatic rings. The third-order valence-electron chi connectivity index (χ3n) is 1.59. The first-order valence-electron chi connectivity index (χ1n) is 5.10. The SMILES string of the molecule is CC(C)(C)OC(=O)N[C@H](CC(N)=O)CC(=O)O. The number of hydrogen-bond acceptors (Lipinski definition) is 4. The minimum Gasteiger partial charge on any atom is -0.481 e. The van der Waals surface area contributed by atoms with E-state index in [4.69, 9.17) is 15.6 Å². The molecule has 0 heterocycles. The summed E-state index contributed by atoms with van der Waals surface area (Å²) in [6.45, 7) is 5.02. The lowest BCUT2D eigenvalue weighted by Crippen LogP contribution is -2.42. The van der Waals surface area contributed by atoms with E-state index in [0.717, 1.165) is 0 Å². The second kappa shape index (κ2) is 6.07. The first kappa shape index (κ1) is 15.2. The fourth-order valence-electron chi connectivity index (χ4n) is 1.10. The highest BCUT2D eigenvalue weighted by molar-refractivity contribution is 5.78. The summed E-state index contributed by atoms with van der Waals surface area (Å²) < 4.78 is 4.94. The van der Waals surface area contributed by atoms with Crippen molar-refractivity contribution in [2.45, 2.75) is 45.3 Å². The number of nitrogens with two attached hydrogens (primary N) is 1. The van der Waals surface area contributed by atoms with E-state index in [1.165, 1.54) is 0 Å². The Kier molecular flexibility index (Phi) is 5.43. The lowest BCUT2D eigenvalue weighted by atomic mass is 10.1. The van der Waals surface area contributed by atoms with Crippen LogP contribution in [-0.4, -0.2) is 34.7 Å². The maximum absolute atomic E-state index is 11.4. The largest absolute Gasteiger partial charge is 0.481 e. The third-order valence-corrected chi connectivity index (χ3v) is 1.59. The first-order chi connectivity index (χ1) is 7.60. The Hall–Kier alpha value is -1.79. The number of carbonyl (C=O) groups is 3. The van der Waals surface area contributed by atoms with Crippen LogP contribution in [0.2, 0.25) is 0 Å². The number of ether oxygens (including phenoxy) is 1. The molecular weight excluding hydrogens is 228 g/mol. The second-order valence-corrected chi connectivity index (χ2v) is 4.61. The average molecular weight is 246 g/mol. The molecular formula is C10H18N2O5. The molecule has 0 aliphatic heterocycles. The van der Waals surface area contributed by atoms with Crippen molar-refractivity contribution in [1.29, 1.82) is 0 Å². The molecule has 17 heavy (non-hydrogen) atoms. The number of aliphatic carboxylic acids is 1. The molecule has 0 bridgehead atoms. The van der Waals surface area contributed by atoms with Gasteiger partial charge in [-0.15, -0.1) is 0 Å². The summed E-state index contributed by atoms with van der Waals surface area (Å²) in [4.78, 5) is 32.6. The minimum atomic E-state index is -1.13. The smallest absolute Gasteiger partial charge is 0.407 e. The van der Waals surface area contributed by atoms with E-state index < -0.39 is 29.6 Å². The zero-order valence-corrected chi connectivity index (χ0v) is 10.1. The zero-order valence-electron chi connectivity index (χ0n) is 10.1. The Morgan fingerprint density at radius 3 is 2.18 bits per heavy atom. The highest BCUT2D eigenvalue weighted by Crippen LogP contribution is 2.08. The van der Waals surface area contributed by atoms with Crippen LogP contribution in [0.4, 0.5) is 4.79 Å². The van der Waals surface area contributed by atoms with Gasteiger partial charge in [-0.1, -0.05) is 0 Å². The average Bonchev–Trinajstić information content (AvgIpc) is 1.95. The fourth-order valence-corrected chi connectivity index (χ4v) is 1.10. The van der Waals surface area contributed by atoms with Gasteiger partial charge in [-0.3, -0.25) is 9.59 Å². The van der Waals surface area contributed by atoms with Crippen molar-refractivity contribution in [3.05, 3.63) is 0 Å². The Morgan fingerprint density at radius 2 is 1.82 bits per heavy atom. The van der Waals surface area contributed by atoms with Gasteiger partial charge in [-0.2, -0.15) is 0 Å². The predicted octanol–water partition coefficient (Wildman–Crippen LogP) is 0.230. The number of carbonyl (C=O) groups excluding carboxylic acids is 2. The van der Waals surface area contributed by atoms with Crippen LogP contribution in [0.15, 0.2) is 0 Å². The molecule has 0 aromatic carbocycles. The van der Waals surface area contributed by atoms with Gasteiger partial charge in [0.1, 0.15) is 5.60 Å². The molecule has 0 aromatic heterocycles. The number of amides is 2. The molecule has 7 nitrogen and oxygen atoms in total. The molecule has 98 valence electrons. The summed E-state index contributed by atoms with van der Waals surface area (Å²) >= 11 is 0. The Morgan fingerprint density at radius 1 is 1.29 bits per heavy atom. The molecule has 4 N–H and O–H groups in total. The van der Waals surface area contributed by atoms with Crippen LogP contribution in [0, 0.1) is 0 Å². The van der Waals surface area contributed by atoms with Gasteiger partial charge in [0.25, 0.3) is 0 Å². The number of carboxylic acids is 1. The second-order valence-electron chi connectivity index (χ2n) is 4.61. The number of hydrogen-bond donors (Lipinski definition) is 3. The number of carboxylic acid groups (broad SMARTS) is 1. The first-order valence-corrected chi connectivity index (χ1v) is 5.10. The van der Waals surface area contributed by atoms with Gasteiger partial charge in [0.15, 0.2) is 0 Å². The van der Waals surface area contributed by atoms with E-state index in [0.29, 0.717) is 0 Å². The van der Waals surface area contributed by atoms with Crippen LogP contribution < -0.4 is 11.1 Å². The molecule has 0 rings (SSSR count). The van der Waals surface area contributed by atoms with Crippen molar-refractivity contribution in [3.63, 3.8) is 0 Å². The van der Waals surface area contributed by atoms with E-state index in [2.05, 4.69) is 5.32 Å². The van der Waals surface area contributed by atoms with Crippen molar-refractivity contribution >= 4 is 18.0 Å². The maximum Gasteiger partial charge on any atom is 0.407 e. The lowest BCUT2D eigenvalue weighted by Gasteiger charge is -2.22.